The van der Waals surface area contributed by atoms with Crippen molar-refractivity contribution in [2.75, 3.05) is 13.2 Å². The molecular weight excluding hydrogens is 407 g/mol. The highest BCUT2D eigenvalue weighted by atomic mass is 35.5. The molecule has 1 aromatic heterocycles. The third kappa shape index (κ3) is 5.20. The lowest BCUT2D eigenvalue weighted by molar-refractivity contribution is -0.141. The molecule has 0 aliphatic heterocycles. The van der Waals surface area contributed by atoms with Gasteiger partial charge < -0.3 is 10.1 Å². The van der Waals surface area contributed by atoms with Gasteiger partial charge in [-0.3, -0.25) is 9.48 Å². The number of nitrogens with one attached hydrogen (secondary N) is 1. The number of aryl methyl sites for hydroxylation is 1. The number of amides is 1. The van der Waals surface area contributed by atoms with Crippen molar-refractivity contribution in [1.29, 1.82) is 0 Å². The molecule has 0 saturated heterocycles. The van der Waals surface area contributed by atoms with Crippen LogP contribution >= 0.6 is 11.6 Å². The van der Waals surface area contributed by atoms with E-state index in [9.17, 15) is 18.0 Å². The average Bonchev–Trinajstić information content (AvgIpc) is 2.98. The Balaban J connectivity index is 1.44. The molecule has 0 bridgehead atoms. The summed E-state index contributed by atoms with van der Waals surface area (Å²) in [4.78, 5) is 11.9. The van der Waals surface area contributed by atoms with Gasteiger partial charge in [0.15, 0.2) is 12.3 Å². The number of carbonyl (C=O) groups is 1. The molecule has 154 valence electrons. The fourth-order valence-electron chi connectivity index (χ4n) is 2.84. The van der Waals surface area contributed by atoms with Crippen LogP contribution in [0.25, 0.3) is 10.8 Å². The van der Waals surface area contributed by atoms with Crippen molar-refractivity contribution in [1.82, 2.24) is 15.1 Å². The zero-order chi connectivity index (χ0) is 21.0. The van der Waals surface area contributed by atoms with Gasteiger partial charge >= 0.3 is 6.18 Å². The van der Waals surface area contributed by atoms with Gasteiger partial charge in [-0.25, -0.2) is 0 Å². The molecule has 0 spiro atoms. The Bertz CT molecular complexity index is 1020. The molecule has 1 amide bonds. The summed E-state index contributed by atoms with van der Waals surface area (Å²) in [6, 6.07) is 13.4. The molecule has 9 heteroatoms. The van der Waals surface area contributed by atoms with Crippen LogP contribution in [0.3, 0.4) is 0 Å². The number of halogens is 4. The average molecular weight is 426 g/mol. The first-order chi connectivity index (χ1) is 13.8. The van der Waals surface area contributed by atoms with Crippen LogP contribution in [0.5, 0.6) is 5.75 Å². The number of rotatable bonds is 7. The zero-order valence-electron chi connectivity index (χ0n) is 15.6. The third-order valence-corrected chi connectivity index (χ3v) is 4.81. The predicted octanol–water partition coefficient (Wildman–Crippen LogP) is 4.60. The van der Waals surface area contributed by atoms with Crippen molar-refractivity contribution in [2.24, 2.45) is 0 Å². The second-order valence-electron chi connectivity index (χ2n) is 6.47. The van der Waals surface area contributed by atoms with Gasteiger partial charge in [0.25, 0.3) is 5.91 Å². The SMILES string of the molecule is Cc1c(Cl)c(C(F)(F)F)nn1CCCNC(=O)COc1ccc2ccccc2c1. The molecular formula is C20H19ClF3N3O2. The van der Waals surface area contributed by atoms with E-state index in [1.165, 1.54) is 11.6 Å². The minimum atomic E-state index is -4.60. The molecule has 2 aromatic carbocycles. The fraction of sp³-hybridized carbons (Fsp3) is 0.300. The Hall–Kier alpha value is -2.74. The molecule has 0 saturated carbocycles. The monoisotopic (exact) mass is 425 g/mol. The van der Waals surface area contributed by atoms with Gasteiger partial charge in [-0.05, 0) is 36.2 Å². The Labute approximate surface area is 170 Å². The van der Waals surface area contributed by atoms with Gasteiger partial charge in [0.1, 0.15) is 5.75 Å². The summed E-state index contributed by atoms with van der Waals surface area (Å²) in [7, 11) is 0. The first-order valence-electron chi connectivity index (χ1n) is 8.94. The van der Waals surface area contributed by atoms with Crippen LogP contribution in [-0.2, 0) is 17.5 Å². The van der Waals surface area contributed by atoms with E-state index in [-0.39, 0.29) is 31.3 Å². The van der Waals surface area contributed by atoms with Crippen LogP contribution in [-0.4, -0.2) is 28.8 Å². The van der Waals surface area contributed by atoms with Crippen molar-refractivity contribution in [3.05, 3.63) is 58.9 Å². The number of fused-ring (bicyclic) bond motifs is 1. The maximum absolute atomic E-state index is 12.8. The van der Waals surface area contributed by atoms with Gasteiger partial charge in [0, 0.05) is 13.1 Å². The minimum absolute atomic E-state index is 0.150. The number of aromatic nitrogens is 2. The molecule has 5 nitrogen and oxygen atoms in total. The molecule has 0 atom stereocenters. The molecule has 0 fully saturated rings. The van der Waals surface area contributed by atoms with Crippen molar-refractivity contribution in [3.63, 3.8) is 0 Å². The molecule has 0 aliphatic rings. The zero-order valence-corrected chi connectivity index (χ0v) is 16.3. The number of carbonyl (C=O) groups excluding carboxylic acids is 1. The van der Waals surface area contributed by atoms with E-state index >= 15 is 0 Å². The topological polar surface area (TPSA) is 56.2 Å². The van der Waals surface area contributed by atoms with E-state index in [2.05, 4.69) is 10.4 Å². The lowest BCUT2D eigenvalue weighted by Crippen LogP contribution is -2.30. The minimum Gasteiger partial charge on any atom is -0.484 e. The van der Waals surface area contributed by atoms with Gasteiger partial charge in [-0.1, -0.05) is 41.9 Å². The maximum atomic E-state index is 12.8. The van der Waals surface area contributed by atoms with Crippen LogP contribution in [0, 0.1) is 6.92 Å². The van der Waals surface area contributed by atoms with E-state index in [4.69, 9.17) is 16.3 Å². The summed E-state index contributed by atoms with van der Waals surface area (Å²) < 4.78 is 45.1. The standard InChI is InChI=1S/C20H19ClF3N3O2/c1-13-18(21)19(20(22,23)24)26-27(13)10-4-9-25-17(28)12-29-16-8-7-14-5-2-3-6-15(14)11-16/h2-3,5-8,11H,4,9-10,12H2,1H3,(H,25,28). The highest BCUT2D eigenvalue weighted by Crippen LogP contribution is 2.35. The van der Waals surface area contributed by atoms with Crippen LogP contribution < -0.4 is 10.1 Å². The van der Waals surface area contributed by atoms with Crippen LogP contribution in [0.15, 0.2) is 42.5 Å². The normalized spacial score (nSPS) is 11.6. The van der Waals surface area contributed by atoms with Gasteiger partial charge in [0.05, 0.1) is 10.7 Å². The van der Waals surface area contributed by atoms with E-state index in [1.807, 2.05) is 36.4 Å². The molecule has 0 radical (unpaired) electrons. The highest BCUT2D eigenvalue weighted by molar-refractivity contribution is 6.31. The maximum Gasteiger partial charge on any atom is 0.436 e. The molecule has 1 N–H and O–H groups in total. The van der Waals surface area contributed by atoms with Crippen molar-refractivity contribution < 1.29 is 22.7 Å². The summed E-state index contributed by atoms with van der Waals surface area (Å²) in [6.45, 7) is 1.80. The van der Waals surface area contributed by atoms with Gasteiger partial charge in [-0.2, -0.15) is 18.3 Å². The van der Waals surface area contributed by atoms with Gasteiger partial charge in [-0.15, -0.1) is 0 Å². The molecule has 3 rings (SSSR count). The third-order valence-electron chi connectivity index (χ3n) is 4.36. The molecule has 0 aliphatic carbocycles. The van der Waals surface area contributed by atoms with Crippen molar-refractivity contribution >= 4 is 28.3 Å². The number of alkyl halides is 3. The van der Waals surface area contributed by atoms with E-state index < -0.39 is 16.9 Å². The predicted molar refractivity (Wildman–Crippen MR) is 104 cm³/mol. The number of benzene rings is 2. The quantitative estimate of drug-likeness (QED) is 0.563. The van der Waals surface area contributed by atoms with E-state index in [0.29, 0.717) is 12.2 Å². The summed E-state index contributed by atoms with van der Waals surface area (Å²) in [5, 5.41) is 7.88. The lowest BCUT2D eigenvalue weighted by Gasteiger charge is -2.09. The number of hydrogen-bond donors (Lipinski definition) is 1. The van der Waals surface area contributed by atoms with Crippen LogP contribution in [0.4, 0.5) is 13.2 Å². The van der Waals surface area contributed by atoms with Crippen molar-refractivity contribution in [2.45, 2.75) is 26.1 Å². The second-order valence-corrected chi connectivity index (χ2v) is 6.85. The fourth-order valence-corrected chi connectivity index (χ4v) is 3.08. The van der Waals surface area contributed by atoms with Crippen LogP contribution in [0.2, 0.25) is 5.02 Å². The summed E-state index contributed by atoms with van der Waals surface area (Å²) in [5.74, 6) is 0.268. The Kier molecular flexibility index (Phi) is 6.32. The summed E-state index contributed by atoms with van der Waals surface area (Å²) >= 11 is 5.71. The number of hydrogen-bond acceptors (Lipinski definition) is 3. The Morgan fingerprint density at radius 3 is 2.62 bits per heavy atom. The summed E-state index contributed by atoms with van der Waals surface area (Å²) in [6.07, 6.45) is -4.20. The molecule has 1 heterocycles. The Morgan fingerprint density at radius 2 is 1.93 bits per heavy atom. The number of ether oxygens (including phenoxy) is 1. The first-order valence-corrected chi connectivity index (χ1v) is 9.32. The second kappa shape index (κ2) is 8.73. The molecule has 3 aromatic rings. The first kappa shape index (κ1) is 21.0. The highest BCUT2D eigenvalue weighted by Gasteiger charge is 2.38. The van der Waals surface area contributed by atoms with Crippen molar-refractivity contribution in [3.8, 4) is 5.75 Å². The lowest BCUT2D eigenvalue weighted by atomic mass is 10.1. The molecule has 0 unspecified atom stereocenters. The van der Waals surface area contributed by atoms with E-state index in [1.54, 1.807) is 6.07 Å². The molecule has 29 heavy (non-hydrogen) atoms. The largest absolute Gasteiger partial charge is 0.484 e. The number of nitrogens with zero attached hydrogens (tertiary/aromatic N) is 2. The van der Waals surface area contributed by atoms with E-state index in [0.717, 1.165) is 10.8 Å². The van der Waals surface area contributed by atoms with Gasteiger partial charge in [0.2, 0.25) is 0 Å². The van der Waals surface area contributed by atoms with Crippen LogP contribution in [0.1, 0.15) is 17.8 Å². The smallest absolute Gasteiger partial charge is 0.436 e. The summed E-state index contributed by atoms with van der Waals surface area (Å²) in [5.41, 5.74) is -0.852. The Morgan fingerprint density at radius 1 is 1.21 bits per heavy atom.